The topological polar surface area (TPSA) is 32.3 Å². The molecule has 0 aliphatic carbocycles. The fourth-order valence-corrected chi connectivity index (χ4v) is 3.29. The highest BCUT2D eigenvalue weighted by molar-refractivity contribution is 14.1. The summed E-state index contributed by atoms with van der Waals surface area (Å²) in [6.07, 6.45) is 0. The number of nitrogens with one attached hydrogen (secondary N) is 1. The van der Waals surface area contributed by atoms with E-state index < -0.39 is 0 Å². The first-order valence-electron chi connectivity index (χ1n) is 7.04. The van der Waals surface area contributed by atoms with Gasteiger partial charge in [0, 0.05) is 20.2 Å². The lowest BCUT2D eigenvalue weighted by Gasteiger charge is -2.26. The number of carbonyl (C=O) groups excluding carboxylic acids is 1. The summed E-state index contributed by atoms with van der Waals surface area (Å²) in [5.74, 6) is -0.143. The van der Waals surface area contributed by atoms with Crippen molar-refractivity contribution < 1.29 is 4.79 Å². The lowest BCUT2D eigenvalue weighted by atomic mass is 10.1. The zero-order chi connectivity index (χ0) is 17.0. The maximum atomic E-state index is 12.4. The number of amides is 1. The van der Waals surface area contributed by atoms with Crippen LogP contribution in [0.3, 0.4) is 0 Å². The van der Waals surface area contributed by atoms with E-state index in [2.05, 4.69) is 27.9 Å². The van der Waals surface area contributed by atoms with Gasteiger partial charge in [-0.3, -0.25) is 4.79 Å². The van der Waals surface area contributed by atoms with Crippen LogP contribution in [0.5, 0.6) is 0 Å². The van der Waals surface area contributed by atoms with Crippen LogP contribution in [0.15, 0.2) is 42.5 Å². The van der Waals surface area contributed by atoms with Crippen LogP contribution in [0.1, 0.15) is 22.0 Å². The summed E-state index contributed by atoms with van der Waals surface area (Å²) in [5, 5.41) is 4.21. The van der Waals surface area contributed by atoms with Crippen LogP contribution in [-0.4, -0.2) is 31.4 Å². The van der Waals surface area contributed by atoms with Crippen molar-refractivity contribution in [3.8, 4) is 0 Å². The molecule has 0 aliphatic rings. The van der Waals surface area contributed by atoms with Crippen molar-refractivity contribution in [1.29, 1.82) is 0 Å². The van der Waals surface area contributed by atoms with Crippen LogP contribution >= 0.6 is 45.8 Å². The summed E-state index contributed by atoms with van der Waals surface area (Å²) in [5.41, 5.74) is 1.56. The van der Waals surface area contributed by atoms with Gasteiger partial charge >= 0.3 is 0 Å². The first-order valence-corrected chi connectivity index (χ1v) is 8.87. The van der Waals surface area contributed by atoms with Crippen LogP contribution < -0.4 is 5.32 Å². The predicted molar refractivity (Wildman–Crippen MR) is 104 cm³/mol. The zero-order valence-corrected chi connectivity index (χ0v) is 16.5. The van der Waals surface area contributed by atoms with Gasteiger partial charge in [-0.2, -0.15) is 0 Å². The number of nitrogens with zero attached hydrogens (tertiary/aromatic N) is 1. The quantitative estimate of drug-likeness (QED) is 0.657. The minimum absolute atomic E-state index is 0.00973. The fraction of sp³-hybridized carbons (Fsp3) is 0.235. The number of likely N-dealkylation sites (N-methyl/N-ethyl adjacent to an activating group) is 1. The molecule has 1 N–H and O–H groups in total. The first-order chi connectivity index (χ1) is 10.9. The highest BCUT2D eigenvalue weighted by Gasteiger charge is 2.19. The summed E-state index contributed by atoms with van der Waals surface area (Å²) >= 11 is 14.4. The Kier molecular flexibility index (Phi) is 6.71. The third-order valence-corrected chi connectivity index (χ3v) is 5.04. The summed E-state index contributed by atoms with van der Waals surface area (Å²) in [6.45, 7) is 0.457. The Hall–Kier alpha value is -0.820. The molecule has 23 heavy (non-hydrogen) atoms. The average Bonchev–Trinajstić information content (AvgIpc) is 2.51. The van der Waals surface area contributed by atoms with E-state index in [9.17, 15) is 4.79 Å². The normalized spacial score (nSPS) is 12.3. The second-order valence-electron chi connectivity index (χ2n) is 5.34. The van der Waals surface area contributed by atoms with Gasteiger partial charge in [-0.1, -0.05) is 41.4 Å². The maximum absolute atomic E-state index is 12.4. The van der Waals surface area contributed by atoms with Gasteiger partial charge in [0.2, 0.25) is 0 Å². The molecule has 0 aliphatic heterocycles. The van der Waals surface area contributed by atoms with Crippen molar-refractivity contribution in [3.05, 3.63) is 67.2 Å². The molecule has 0 bridgehead atoms. The average molecular weight is 463 g/mol. The molecule has 3 nitrogen and oxygen atoms in total. The summed E-state index contributed by atoms with van der Waals surface area (Å²) < 4.78 is 0.864. The van der Waals surface area contributed by atoms with Gasteiger partial charge in [-0.15, -0.1) is 0 Å². The molecule has 1 atom stereocenters. The smallest absolute Gasteiger partial charge is 0.252 e. The highest BCUT2D eigenvalue weighted by Crippen LogP contribution is 2.25. The van der Waals surface area contributed by atoms with Crippen LogP contribution in [-0.2, 0) is 0 Å². The number of hydrogen-bond donors (Lipinski definition) is 1. The monoisotopic (exact) mass is 462 g/mol. The Bertz CT molecular complexity index is 707. The molecule has 122 valence electrons. The second-order valence-corrected chi connectivity index (χ2v) is 7.34. The van der Waals surface area contributed by atoms with Gasteiger partial charge in [0.05, 0.1) is 11.6 Å². The van der Waals surface area contributed by atoms with Crippen molar-refractivity contribution in [3.63, 3.8) is 0 Å². The Labute approximate surface area is 160 Å². The van der Waals surface area contributed by atoms with Crippen molar-refractivity contribution in [2.45, 2.75) is 6.04 Å². The summed E-state index contributed by atoms with van der Waals surface area (Å²) in [4.78, 5) is 14.5. The maximum Gasteiger partial charge on any atom is 0.252 e. The predicted octanol–water partition coefficient (Wildman–Crippen LogP) is 4.63. The van der Waals surface area contributed by atoms with Crippen LogP contribution in [0.25, 0.3) is 0 Å². The summed E-state index contributed by atoms with van der Waals surface area (Å²) in [7, 11) is 3.92. The molecule has 2 aromatic carbocycles. The standard InChI is InChI=1S/C17H17Cl2IN2O/c1-22(2)16(12-5-3-4-6-14(12)19)10-21-17(23)13-9-11(18)7-8-15(13)20/h3-9,16H,10H2,1-2H3,(H,21,23). The van der Waals surface area contributed by atoms with E-state index in [1.165, 1.54) is 0 Å². The Balaban J connectivity index is 2.15. The lowest BCUT2D eigenvalue weighted by molar-refractivity contribution is 0.0941. The first kappa shape index (κ1) is 18.5. The van der Waals surface area contributed by atoms with Gasteiger partial charge in [-0.25, -0.2) is 0 Å². The zero-order valence-electron chi connectivity index (χ0n) is 12.8. The Morgan fingerprint density at radius 1 is 1.22 bits per heavy atom. The van der Waals surface area contributed by atoms with Crippen LogP contribution in [0, 0.1) is 3.57 Å². The van der Waals surface area contributed by atoms with Crippen LogP contribution in [0.2, 0.25) is 10.0 Å². The third-order valence-electron chi connectivity index (χ3n) is 3.52. The number of hydrogen-bond acceptors (Lipinski definition) is 2. The SMILES string of the molecule is CN(C)C(CNC(=O)c1cc(Cl)ccc1I)c1ccccc1Cl. The minimum Gasteiger partial charge on any atom is -0.350 e. The molecule has 0 saturated carbocycles. The molecule has 6 heteroatoms. The minimum atomic E-state index is -0.143. The van der Waals surface area contributed by atoms with Gasteiger partial charge < -0.3 is 10.2 Å². The molecule has 2 aromatic rings. The molecule has 1 unspecified atom stereocenters. The second kappa shape index (κ2) is 8.33. The molecule has 0 spiro atoms. The van der Waals surface area contributed by atoms with Gasteiger partial charge in [-0.05, 0) is 66.5 Å². The fourth-order valence-electron chi connectivity index (χ4n) is 2.27. The molecule has 0 aromatic heterocycles. The van der Waals surface area contributed by atoms with E-state index in [4.69, 9.17) is 23.2 Å². The van der Waals surface area contributed by atoms with Gasteiger partial charge in [0.1, 0.15) is 0 Å². The van der Waals surface area contributed by atoms with Gasteiger partial charge in [0.25, 0.3) is 5.91 Å². The molecule has 0 fully saturated rings. The van der Waals surface area contributed by atoms with Gasteiger partial charge in [0.15, 0.2) is 0 Å². The van der Waals surface area contributed by atoms with Crippen molar-refractivity contribution in [1.82, 2.24) is 10.2 Å². The van der Waals surface area contributed by atoms with Crippen molar-refractivity contribution in [2.75, 3.05) is 20.6 Å². The largest absolute Gasteiger partial charge is 0.350 e. The highest BCUT2D eigenvalue weighted by atomic mass is 127. The Morgan fingerprint density at radius 3 is 2.57 bits per heavy atom. The molecule has 0 heterocycles. The lowest BCUT2D eigenvalue weighted by Crippen LogP contribution is -2.35. The third kappa shape index (κ3) is 4.83. The van der Waals surface area contributed by atoms with E-state index in [1.807, 2.05) is 49.3 Å². The van der Waals surface area contributed by atoms with Crippen LogP contribution in [0.4, 0.5) is 0 Å². The molecule has 0 saturated heterocycles. The molecule has 0 radical (unpaired) electrons. The van der Waals surface area contributed by atoms with E-state index in [0.717, 1.165) is 9.13 Å². The number of benzene rings is 2. The molecule has 2 rings (SSSR count). The number of rotatable bonds is 5. The van der Waals surface area contributed by atoms with Crippen molar-refractivity contribution in [2.24, 2.45) is 0 Å². The summed E-state index contributed by atoms with van der Waals surface area (Å²) in [6, 6.07) is 12.9. The molecular weight excluding hydrogens is 446 g/mol. The molecular formula is C17H17Cl2IN2O. The van der Waals surface area contributed by atoms with E-state index in [-0.39, 0.29) is 11.9 Å². The molecule has 1 amide bonds. The van der Waals surface area contributed by atoms with E-state index in [0.29, 0.717) is 22.2 Å². The van der Waals surface area contributed by atoms with E-state index >= 15 is 0 Å². The Morgan fingerprint density at radius 2 is 1.91 bits per heavy atom. The van der Waals surface area contributed by atoms with Crippen molar-refractivity contribution >= 4 is 51.7 Å². The number of carbonyl (C=O) groups is 1. The van der Waals surface area contributed by atoms with E-state index in [1.54, 1.807) is 12.1 Å². The number of halogens is 3.